The monoisotopic (exact) mass is 248 g/mol. The lowest BCUT2D eigenvalue weighted by Gasteiger charge is -2.02. The Kier molecular flexibility index (Phi) is 7.90. The third kappa shape index (κ3) is 7.08. The van der Waals surface area contributed by atoms with Gasteiger partial charge in [-0.15, -0.1) is 0 Å². The van der Waals surface area contributed by atoms with Crippen molar-refractivity contribution in [3.05, 3.63) is 35.9 Å². The van der Waals surface area contributed by atoms with E-state index in [1.54, 1.807) is 0 Å². The molecule has 0 bridgehead atoms. The molecule has 3 nitrogen and oxygen atoms in total. The van der Waals surface area contributed by atoms with Crippen LogP contribution in [0.3, 0.4) is 0 Å². The van der Waals surface area contributed by atoms with Crippen LogP contribution in [-0.2, 0) is 11.3 Å². The summed E-state index contributed by atoms with van der Waals surface area (Å²) in [6.07, 6.45) is 1.09. The molecule has 0 radical (unpaired) electrons. The van der Waals surface area contributed by atoms with Crippen molar-refractivity contribution in [2.45, 2.75) is 32.0 Å². The van der Waals surface area contributed by atoms with E-state index in [-0.39, 0.29) is 6.61 Å². The topological polar surface area (TPSA) is 49.7 Å². The maximum Gasteiger partial charge on any atom is 0.114 e. The fourth-order valence-corrected chi connectivity index (χ4v) is 1.43. The predicted molar refractivity (Wildman–Crippen MR) is 70.8 cm³/mol. The molecule has 1 atom stereocenters. The first kappa shape index (κ1) is 14.7. The highest BCUT2D eigenvalue weighted by atomic mass is 16.5. The van der Waals surface area contributed by atoms with Crippen molar-refractivity contribution in [3.8, 4) is 11.8 Å². The smallest absolute Gasteiger partial charge is 0.114 e. The van der Waals surface area contributed by atoms with Crippen molar-refractivity contribution >= 4 is 0 Å². The van der Waals surface area contributed by atoms with E-state index in [9.17, 15) is 5.11 Å². The van der Waals surface area contributed by atoms with Crippen LogP contribution in [0.4, 0.5) is 0 Å². The van der Waals surface area contributed by atoms with E-state index in [0.29, 0.717) is 32.5 Å². The lowest BCUT2D eigenvalue weighted by atomic mass is 10.2. The van der Waals surface area contributed by atoms with E-state index in [4.69, 9.17) is 9.84 Å². The van der Waals surface area contributed by atoms with E-state index in [1.165, 1.54) is 0 Å². The van der Waals surface area contributed by atoms with Gasteiger partial charge in [-0.25, -0.2) is 0 Å². The summed E-state index contributed by atoms with van der Waals surface area (Å²) in [5, 5.41) is 18.0. The zero-order valence-corrected chi connectivity index (χ0v) is 10.5. The van der Waals surface area contributed by atoms with Crippen LogP contribution < -0.4 is 0 Å². The fraction of sp³-hybridized carbons (Fsp3) is 0.467. The lowest BCUT2D eigenvalue weighted by Crippen LogP contribution is -2.03. The summed E-state index contributed by atoms with van der Waals surface area (Å²) in [5.41, 5.74) is 1.15. The van der Waals surface area contributed by atoms with Gasteiger partial charge in [-0.3, -0.25) is 0 Å². The van der Waals surface area contributed by atoms with Gasteiger partial charge in [0.1, 0.15) is 6.10 Å². The highest BCUT2D eigenvalue weighted by Gasteiger charge is 1.96. The average molecular weight is 248 g/mol. The summed E-state index contributed by atoms with van der Waals surface area (Å²) < 4.78 is 5.46. The van der Waals surface area contributed by atoms with Gasteiger partial charge in [-0.05, 0) is 18.4 Å². The molecule has 0 amide bonds. The SMILES string of the molecule is OCCCC(O)C#CCCOCc1ccccc1. The van der Waals surface area contributed by atoms with Crippen molar-refractivity contribution in [1.29, 1.82) is 0 Å². The quantitative estimate of drug-likeness (QED) is 0.570. The molecule has 0 aliphatic carbocycles. The van der Waals surface area contributed by atoms with Gasteiger partial charge in [-0.2, -0.15) is 0 Å². The molecule has 0 aliphatic heterocycles. The number of benzene rings is 1. The van der Waals surface area contributed by atoms with Crippen LogP contribution >= 0.6 is 0 Å². The standard InChI is InChI=1S/C15H20O3/c16-11-6-10-15(17)9-4-5-12-18-13-14-7-2-1-3-8-14/h1-3,7-8,15-17H,5-6,10-13H2. The van der Waals surface area contributed by atoms with Gasteiger partial charge in [-0.1, -0.05) is 42.2 Å². The number of hydrogen-bond acceptors (Lipinski definition) is 3. The Bertz CT molecular complexity index is 364. The second-order valence-electron chi connectivity index (χ2n) is 3.99. The number of ether oxygens (including phenoxy) is 1. The van der Waals surface area contributed by atoms with Crippen LogP contribution in [0.15, 0.2) is 30.3 Å². The van der Waals surface area contributed by atoms with Crippen LogP contribution in [0.25, 0.3) is 0 Å². The number of hydrogen-bond donors (Lipinski definition) is 2. The highest BCUT2D eigenvalue weighted by Crippen LogP contribution is 2.00. The molecule has 1 unspecified atom stereocenters. The molecule has 0 aromatic heterocycles. The third-order valence-corrected chi connectivity index (χ3v) is 2.39. The van der Waals surface area contributed by atoms with E-state index >= 15 is 0 Å². The van der Waals surface area contributed by atoms with Crippen molar-refractivity contribution in [2.24, 2.45) is 0 Å². The van der Waals surface area contributed by atoms with Crippen molar-refractivity contribution in [1.82, 2.24) is 0 Å². The van der Waals surface area contributed by atoms with Gasteiger partial charge in [0.2, 0.25) is 0 Å². The van der Waals surface area contributed by atoms with Gasteiger partial charge in [0.05, 0.1) is 13.2 Å². The highest BCUT2D eigenvalue weighted by molar-refractivity contribution is 5.13. The summed E-state index contributed by atoms with van der Waals surface area (Å²) in [4.78, 5) is 0. The summed E-state index contributed by atoms with van der Waals surface area (Å²) in [6.45, 7) is 1.25. The Balaban J connectivity index is 2.06. The largest absolute Gasteiger partial charge is 0.396 e. The van der Waals surface area contributed by atoms with Crippen LogP contribution in [0, 0.1) is 11.8 Å². The van der Waals surface area contributed by atoms with E-state index in [0.717, 1.165) is 5.56 Å². The minimum absolute atomic E-state index is 0.0962. The molecule has 18 heavy (non-hydrogen) atoms. The van der Waals surface area contributed by atoms with Crippen molar-refractivity contribution < 1.29 is 14.9 Å². The molecule has 0 fully saturated rings. The van der Waals surface area contributed by atoms with Gasteiger partial charge in [0, 0.05) is 13.0 Å². The molecule has 98 valence electrons. The average Bonchev–Trinajstić information content (AvgIpc) is 2.41. The van der Waals surface area contributed by atoms with Gasteiger partial charge >= 0.3 is 0 Å². The molecule has 2 N–H and O–H groups in total. The molecular weight excluding hydrogens is 228 g/mol. The predicted octanol–water partition coefficient (Wildman–Crippen LogP) is 1.73. The molecule has 0 heterocycles. The summed E-state index contributed by atoms with van der Waals surface area (Å²) >= 11 is 0. The lowest BCUT2D eigenvalue weighted by molar-refractivity contribution is 0.126. The van der Waals surface area contributed by atoms with Gasteiger partial charge in [0.15, 0.2) is 0 Å². The van der Waals surface area contributed by atoms with Crippen molar-refractivity contribution in [2.75, 3.05) is 13.2 Å². The Morgan fingerprint density at radius 3 is 2.72 bits per heavy atom. The maximum absolute atomic E-state index is 9.39. The van der Waals surface area contributed by atoms with E-state index in [1.807, 2.05) is 30.3 Å². The number of aliphatic hydroxyl groups is 2. The molecule has 1 aromatic carbocycles. The zero-order chi connectivity index (χ0) is 13.1. The second-order valence-corrected chi connectivity index (χ2v) is 3.99. The molecule has 0 saturated heterocycles. The summed E-state index contributed by atoms with van der Waals surface area (Å²) in [5.74, 6) is 5.60. The third-order valence-electron chi connectivity index (χ3n) is 2.39. The zero-order valence-electron chi connectivity index (χ0n) is 10.5. The summed E-state index contributed by atoms with van der Waals surface area (Å²) in [7, 11) is 0. The van der Waals surface area contributed by atoms with Crippen LogP contribution in [-0.4, -0.2) is 29.5 Å². The first-order chi connectivity index (χ1) is 8.83. The van der Waals surface area contributed by atoms with Crippen molar-refractivity contribution in [3.63, 3.8) is 0 Å². The van der Waals surface area contributed by atoms with Crippen LogP contribution in [0.2, 0.25) is 0 Å². The maximum atomic E-state index is 9.39. The van der Waals surface area contributed by atoms with Gasteiger partial charge < -0.3 is 14.9 Å². The molecule has 1 rings (SSSR count). The van der Waals surface area contributed by atoms with E-state index in [2.05, 4.69) is 11.8 Å². The molecule has 0 spiro atoms. The molecule has 1 aromatic rings. The molecular formula is C15H20O3. The Morgan fingerprint density at radius 2 is 2.00 bits per heavy atom. The Labute approximate surface area is 108 Å². The number of rotatable bonds is 7. The molecule has 3 heteroatoms. The molecule has 0 aliphatic rings. The first-order valence-electron chi connectivity index (χ1n) is 6.22. The van der Waals surface area contributed by atoms with Crippen LogP contribution in [0.1, 0.15) is 24.8 Å². The second kappa shape index (κ2) is 9.67. The van der Waals surface area contributed by atoms with Gasteiger partial charge in [0.25, 0.3) is 0 Å². The Morgan fingerprint density at radius 1 is 1.22 bits per heavy atom. The normalized spacial score (nSPS) is 11.7. The van der Waals surface area contributed by atoms with Crippen LogP contribution in [0.5, 0.6) is 0 Å². The summed E-state index contributed by atoms with van der Waals surface area (Å²) in [6, 6.07) is 9.98. The Hall–Kier alpha value is -1.34. The minimum atomic E-state index is -0.633. The van der Waals surface area contributed by atoms with E-state index < -0.39 is 6.10 Å². The minimum Gasteiger partial charge on any atom is -0.396 e. The fourth-order valence-electron chi connectivity index (χ4n) is 1.43. The first-order valence-corrected chi connectivity index (χ1v) is 6.22. The number of aliphatic hydroxyl groups excluding tert-OH is 2. The molecule has 0 saturated carbocycles.